The molecule has 2 fully saturated rings. The first-order valence-corrected chi connectivity index (χ1v) is 9.10. The van der Waals surface area contributed by atoms with Crippen LogP contribution in [-0.2, 0) is 4.74 Å². The molecule has 0 aromatic heterocycles. The molecule has 0 saturated carbocycles. The summed E-state index contributed by atoms with van der Waals surface area (Å²) in [5.74, 6) is 1.11. The molecule has 1 atom stereocenters. The van der Waals surface area contributed by atoms with Crippen LogP contribution in [0.3, 0.4) is 0 Å². The first-order chi connectivity index (χ1) is 10.8. The molecule has 4 nitrogen and oxygen atoms in total. The van der Waals surface area contributed by atoms with Crippen LogP contribution in [0.5, 0.6) is 0 Å². The smallest absolute Gasteiger partial charge is 0.193 e. The van der Waals surface area contributed by atoms with Crippen molar-refractivity contribution >= 4 is 5.96 Å². The van der Waals surface area contributed by atoms with Gasteiger partial charge in [-0.1, -0.05) is 11.6 Å². The highest BCUT2D eigenvalue weighted by molar-refractivity contribution is 5.80. The van der Waals surface area contributed by atoms with Crippen LogP contribution in [0.25, 0.3) is 0 Å². The minimum atomic E-state index is 0.405. The summed E-state index contributed by atoms with van der Waals surface area (Å²) in [6.07, 6.45) is 11.3. The van der Waals surface area contributed by atoms with Gasteiger partial charge in [0.15, 0.2) is 5.96 Å². The first kappa shape index (κ1) is 15.9. The highest BCUT2D eigenvalue weighted by Crippen LogP contribution is 2.38. The lowest BCUT2D eigenvalue weighted by molar-refractivity contribution is 0.156. The monoisotopic (exact) mass is 305 g/mol. The highest BCUT2D eigenvalue weighted by atomic mass is 16.5. The molecule has 3 aliphatic rings. The molecule has 4 heteroatoms. The fraction of sp³-hybridized carbons (Fsp3) is 0.833. The molecule has 1 N–H and O–H groups in total. The van der Waals surface area contributed by atoms with Gasteiger partial charge in [0, 0.05) is 38.2 Å². The van der Waals surface area contributed by atoms with Crippen LogP contribution in [0.15, 0.2) is 16.6 Å². The molecular formula is C18H31N3O. The van der Waals surface area contributed by atoms with Crippen LogP contribution in [-0.4, -0.2) is 50.3 Å². The van der Waals surface area contributed by atoms with Gasteiger partial charge in [-0.05, 0) is 51.9 Å². The maximum absolute atomic E-state index is 5.64. The number of nitrogens with zero attached hydrogens (tertiary/aromatic N) is 2. The van der Waals surface area contributed by atoms with Crippen LogP contribution >= 0.6 is 0 Å². The van der Waals surface area contributed by atoms with Crippen molar-refractivity contribution in [1.29, 1.82) is 0 Å². The van der Waals surface area contributed by atoms with E-state index in [1.807, 2.05) is 0 Å². The lowest BCUT2D eigenvalue weighted by Gasteiger charge is -2.25. The Morgan fingerprint density at radius 1 is 1.41 bits per heavy atom. The average molecular weight is 305 g/mol. The molecule has 22 heavy (non-hydrogen) atoms. The van der Waals surface area contributed by atoms with Crippen LogP contribution in [0.1, 0.15) is 51.9 Å². The number of allylic oxidation sites excluding steroid dienone is 1. The Balaban J connectivity index is 1.55. The molecule has 0 bridgehead atoms. The molecule has 1 unspecified atom stereocenters. The summed E-state index contributed by atoms with van der Waals surface area (Å²) in [6.45, 7) is 8.14. The first-order valence-electron chi connectivity index (χ1n) is 9.10. The Labute approximate surface area is 135 Å². The Bertz CT molecular complexity index is 424. The van der Waals surface area contributed by atoms with Crippen molar-refractivity contribution in [2.45, 2.75) is 51.9 Å². The van der Waals surface area contributed by atoms with Crippen molar-refractivity contribution in [3.63, 3.8) is 0 Å². The zero-order chi connectivity index (χ0) is 15.3. The zero-order valence-electron chi connectivity index (χ0n) is 14.1. The molecule has 0 radical (unpaired) electrons. The van der Waals surface area contributed by atoms with Crippen molar-refractivity contribution in [3.8, 4) is 0 Å². The molecule has 1 spiro atoms. The zero-order valence-corrected chi connectivity index (χ0v) is 14.1. The minimum absolute atomic E-state index is 0.405. The molecule has 0 amide bonds. The third-order valence-electron chi connectivity index (χ3n) is 5.34. The largest absolute Gasteiger partial charge is 0.381 e. The van der Waals surface area contributed by atoms with E-state index < -0.39 is 0 Å². The van der Waals surface area contributed by atoms with Gasteiger partial charge in [0.25, 0.3) is 0 Å². The second-order valence-corrected chi connectivity index (χ2v) is 7.07. The van der Waals surface area contributed by atoms with Crippen molar-refractivity contribution in [2.24, 2.45) is 10.4 Å². The third kappa shape index (κ3) is 3.83. The normalized spacial score (nSPS) is 29.2. The highest BCUT2D eigenvalue weighted by Gasteiger charge is 2.42. The quantitative estimate of drug-likeness (QED) is 0.493. The van der Waals surface area contributed by atoms with Crippen LogP contribution < -0.4 is 5.32 Å². The molecule has 0 aromatic carbocycles. The molecule has 124 valence electrons. The SMILES string of the molecule is CCNC(=NCCC1=CCCCC1)N1CCC2(CCOC2)C1. The van der Waals surface area contributed by atoms with Gasteiger partial charge in [0.1, 0.15) is 0 Å². The van der Waals surface area contributed by atoms with E-state index in [0.29, 0.717) is 5.41 Å². The molecule has 2 heterocycles. The summed E-state index contributed by atoms with van der Waals surface area (Å²) in [4.78, 5) is 7.35. The van der Waals surface area contributed by atoms with E-state index in [4.69, 9.17) is 9.73 Å². The number of nitrogens with one attached hydrogen (secondary N) is 1. The average Bonchev–Trinajstić information content (AvgIpc) is 3.18. The molecule has 1 aliphatic carbocycles. The van der Waals surface area contributed by atoms with Gasteiger partial charge in [0.05, 0.1) is 6.61 Å². The van der Waals surface area contributed by atoms with Crippen molar-refractivity contribution < 1.29 is 4.74 Å². The Kier molecular flexibility index (Phi) is 5.40. The lowest BCUT2D eigenvalue weighted by Crippen LogP contribution is -2.41. The number of likely N-dealkylation sites (tertiary alicyclic amines) is 1. The standard InChI is InChI=1S/C18H31N3O/c1-2-19-17(20-11-8-16-6-4-3-5-7-16)21-12-9-18(14-21)10-13-22-15-18/h6H,2-5,7-15H2,1H3,(H,19,20). The second kappa shape index (κ2) is 7.49. The van der Waals surface area contributed by atoms with Crippen molar-refractivity contribution in [1.82, 2.24) is 10.2 Å². The Morgan fingerprint density at radius 2 is 2.36 bits per heavy atom. The summed E-state index contributed by atoms with van der Waals surface area (Å²) in [6, 6.07) is 0. The summed E-state index contributed by atoms with van der Waals surface area (Å²) in [7, 11) is 0. The van der Waals surface area contributed by atoms with Gasteiger partial charge in [-0.25, -0.2) is 0 Å². The molecule has 2 saturated heterocycles. The number of aliphatic imine (C=N–C) groups is 1. The fourth-order valence-corrected chi connectivity index (χ4v) is 3.95. The van der Waals surface area contributed by atoms with Gasteiger partial charge in [-0.3, -0.25) is 4.99 Å². The van der Waals surface area contributed by atoms with E-state index >= 15 is 0 Å². The van der Waals surface area contributed by atoms with Gasteiger partial charge in [-0.15, -0.1) is 0 Å². The molecular weight excluding hydrogens is 274 g/mol. The minimum Gasteiger partial charge on any atom is -0.381 e. The lowest BCUT2D eigenvalue weighted by atomic mass is 9.87. The predicted octanol–water partition coefficient (Wildman–Crippen LogP) is 2.95. The number of rotatable bonds is 4. The van der Waals surface area contributed by atoms with E-state index in [1.54, 1.807) is 5.57 Å². The number of hydrogen-bond acceptors (Lipinski definition) is 2. The van der Waals surface area contributed by atoms with Crippen molar-refractivity contribution in [3.05, 3.63) is 11.6 Å². The molecule has 3 rings (SSSR count). The summed E-state index contributed by atoms with van der Waals surface area (Å²) >= 11 is 0. The van der Waals surface area contributed by atoms with Crippen LogP contribution in [0.2, 0.25) is 0 Å². The number of ether oxygens (including phenoxy) is 1. The fourth-order valence-electron chi connectivity index (χ4n) is 3.95. The van der Waals surface area contributed by atoms with Gasteiger partial charge in [0.2, 0.25) is 0 Å². The van der Waals surface area contributed by atoms with E-state index in [2.05, 4.69) is 23.2 Å². The van der Waals surface area contributed by atoms with Crippen LogP contribution in [0, 0.1) is 5.41 Å². The summed E-state index contributed by atoms with van der Waals surface area (Å²) < 4.78 is 5.64. The second-order valence-electron chi connectivity index (χ2n) is 7.07. The topological polar surface area (TPSA) is 36.9 Å². The van der Waals surface area contributed by atoms with E-state index in [0.717, 1.165) is 51.8 Å². The Hall–Kier alpha value is -1.03. The summed E-state index contributed by atoms with van der Waals surface area (Å²) in [5.41, 5.74) is 2.02. The van der Waals surface area contributed by atoms with Crippen molar-refractivity contribution in [2.75, 3.05) is 39.4 Å². The number of hydrogen-bond donors (Lipinski definition) is 1. The molecule has 0 aromatic rings. The van der Waals surface area contributed by atoms with E-state index in [-0.39, 0.29) is 0 Å². The molecule has 2 aliphatic heterocycles. The number of guanidine groups is 1. The van der Waals surface area contributed by atoms with Gasteiger partial charge in [-0.2, -0.15) is 0 Å². The van der Waals surface area contributed by atoms with Crippen LogP contribution in [0.4, 0.5) is 0 Å². The van der Waals surface area contributed by atoms with E-state index in [9.17, 15) is 0 Å². The maximum Gasteiger partial charge on any atom is 0.193 e. The maximum atomic E-state index is 5.64. The Morgan fingerprint density at radius 3 is 3.09 bits per heavy atom. The predicted molar refractivity (Wildman–Crippen MR) is 91.2 cm³/mol. The summed E-state index contributed by atoms with van der Waals surface area (Å²) in [5, 5.41) is 3.48. The van der Waals surface area contributed by atoms with Gasteiger partial charge < -0.3 is 15.0 Å². The van der Waals surface area contributed by atoms with E-state index in [1.165, 1.54) is 38.5 Å². The van der Waals surface area contributed by atoms with Gasteiger partial charge >= 0.3 is 0 Å². The third-order valence-corrected chi connectivity index (χ3v) is 5.34.